The first kappa shape index (κ1) is 20.3. The zero-order chi connectivity index (χ0) is 19.8. The highest BCUT2D eigenvalue weighted by molar-refractivity contribution is 5.95. The number of amides is 1. The largest absolute Gasteiger partial charge is 0.502 e. The normalized spacial score (nSPS) is 16.7. The van der Waals surface area contributed by atoms with Gasteiger partial charge in [0.1, 0.15) is 0 Å². The number of fused-ring (bicyclic) bond motifs is 1. The lowest BCUT2D eigenvalue weighted by Gasteiger charge is -2.37. The SMILES string of the molecule is C.Cc1cccc(C(c2ccccc2)C2CN(C)C(=O)c3c(O)c(=O)cnn32)c1. The fourth-order valence-electron chi connectivity index (χ4n) is 3.94. The number of likely N-dealkylation sites (N-methyl/N-ethyl adjacent to an activating group) is 1. The van der Waals surface area contributed by atoms with Crippen molar-refractivity contribution in [3.8, 4) is 5.75 Å². The second-order valence-corrected chi connectivity index (χ2v) is 7.21. The second-order valence-electron chi connectivity index (χ2n) is 7.21. The Morgan fingerprint density at radius 3 is 2.45 bits per heavy atom. The number of rotatable bonds is 3. The lowest BCUT2D eigenvalue weighted by Crippen LogP contribution is -2.45. The Kier molecular flexibility index (Phi) is 5.55. The van der Waals surface area contributed by atoms with E-state index in [1.54, 1.807) is 7.05 Å². The van der Waals surface area contributed by atoms with Crippen LogP contribution in [0.5, 0.6) is 5.75 Å². The number of carbonyl (C=O) groups is 1. The van der Waals surface area contributed by atoms with Crippen molar-refractivity contribution in [2.75, 3.05) is 13.6 Å². The summed E-state index contributed by atoms with van der Waals surface area (Å²) in [4.78, 5) is 26.1. The minimum atomic E-state index is -0.652. The summed E-state index contributed by atoms with van der Waals surface area (Å²) in [5, 5.41) is 14.5. The molecule has 1 aliphatic heterocycles. The highest BCUT2D eigenvalue weighted by Gasteiger charge is 2.38. The monoisotopic (exact) mass is 391 g/mol. The maximum Gasteiger partial charge on any atom is 0.275 e. The molecule has 29 heavy (non-hydrogen) atoms. The summed E-state index contributed by atoms with van der Waals surface area (Å²) in [6, 6.07) is 18.0. The van der Waals surface area contributed by atoms with E-state index in [9.17, 15) is 14.7 Å². The fraction of sp³-hybridized carbons (Fsp3) is 0.261. The molecule has 2 aromatic carbocycles. The van der Waals surface area contributed by atoms with Crippen LogP contribution < -0.4 is 5.43 Å². The first-order chi connectivity index (χ1) is 13.5. The molecule has 1 aliphatic rings. The van der Waals surface area contributed by atoms with E-state index in [0.717, 1.165) is 22.9 Å². The predicted molar refractivity (Wildman–Crippen MR) is 112 cm³/mol. The number of aromatic nitrogens is 2. The van der Waals surface area contributed by atoms with Crippen molar-refractivity contribution in [1.29, 1.82) is 0 Å². The van der Waals surface area contributed by atoms with Crippen LogP contribution in [-0.2, 0) is 0 Å². The lowest BCUT2D eigenvalue weighted by molar-refractivity contribution is 0.0686. The van der Waals surface area contributed by atoms with Crippen molar-refractivity contribution in [3.05, 3.63) is 93.4 Å². The Morgan fingerprint density at radius 2 is 1.76 bits per heavy atom. The van der Waals surface area contributed by atoms with Gasteiger partial charge in [0.05, 0.1) is 12.2 Å². The molecule has 0 bridgehead atoms. The molecule has 0 saturated carbocycles. The molecular formula is C23H25N3O3. The van der Waals surface area contributed by atoms with Crippen molar-refractivity contribution >= 4 is 5.91 Å². The average molecular weight is 391 g/mol. The number of hydrogen-bond acceptors (Lipinski definition) is 4. The van der Waals surface area contributed by atoms with Crippen LogP contribution in [0.1, 0.15) is 46.6 Å². The predicted octanol–water partition coefficient (Wildman–Crippen LogP) is 3.35. The molecule has 2 unspecified atom stereocenters. The quantitative estimate of drug-likeness (QED) is 0.743. The summed E-state index contributed by atoms with van der Waals surface area (Å²) >= 11 is 0. The van der Waals surface area contributed by atoms with Crippen molar-refractivity contribution < 1.29 is 9.90 Å². The number of carbonyl (C=O) groups excluding carboxylic acids is 1. The van der Waals surface area contributed by atoms with Gasteiger partial charge in [-0.1, -0.05) is 67.6 Å². The van der Waals surface area contributed by atoms with E-state index in [-0.39, 0.29) is 25.1 Å². The van der Waals surface area contributed by atoms with Gasteiger partial charge >= 0.3 is 0 Å². The van der Waals surface area contributed by atoms with Gasteiger partial charge in [-0.15, -0.1) is 0 Å². The molecule has 4 rings (SSSR count). The van der Waals surface area contributed by atoms with E-state index in [4.69, 9.17) is 0 Å². The molecule has 1 amide bonds. The molecule has 6 nitrogen and oxygen atoms in total. The number of benzene rings is 2. The van der Waals surface area contributed by atoms with Gasteiger partial charge in [-0.05, 0) is 18.1 Å². The molecule has 0 radical (unpaired) electrons. The van der Waals surface area contributed by atoms with Crippen LogP contribution in [0.3, 0.4) is 0 Å². The molecule has 2 heterocycles. The van der Waals surface area contributed by atoms with Crippen LogP contribution in [0, 0.1) is 6.92 Å². The second kappa shape index (κ2) is 7.91. The molecule has 6 heteroatoms. The first-order valence-corrected chi connectivity index (χ1v) is 9.15. The van der Waals surface area contributed by atoms with E-state index in [1.165, 1.54) is 9.58 Å². The number of aryl methyl sites for hydroxylation is 1. The van der Waals surface area contributed by atoms with Gasteiger partial charge in [0.2, 0.25) is 5.43 Å². The van der Waals surface area contributed by atoms with Crippen LogP contribution >= 0.6 is 0 Å². The van der Waals surface area contributed by atoms with Crippen molar-refractivity contribution in [3.63, 3.8) is 0 Å². The Balaban J connectivity index is 0.00000240. The molecule has 2 atom stereocenters. The van der Waals surface area contributed by atoms with Gasteiger partial charge < -0.3 is 10.0 Å². The van der Waals surface area contributed by atoms with Crippen LogP contribution in [0.15, 0.2) is 65.6 Å². The molecular weight excluding hydrogens is 366 g/mol. The van der Waals surface area contributed by atoms with Crippen molar-refractivity contribution in [2.24, 2.45) is 0 Å². The lowest BCUT2D eigenvalue weighted by atomic mass is 9.83. The van der Waals surface area contributed by atoms with Crippen molar-refractivity contribution in [1.82, 2.24) is 14.7 Å². The Labute approximate surface area is 170 Å². The zero-order valence-electron chi connectivity index (χ0n) is 15.7. The third-order valence-electron chi connectivity index (χ3n) is 5.26. The third kappa shape index (κ3) is 3.53. The topological polar surface area (TPSA) is 75.4 Å². The minimum Gasteiger partial charge on any atom is -0.502 e. The van der Waals surface area contributed by atoms with E-state index < -0.39 is 17.1 Å². The summed E-state index contributed by atoms with van der Waals surface area (Å²) < 4.78 is 1.51. The number of hydrogen-bond donors (Lipinski definition) is 1. The molecule has 0 saturated heterocycles. The van der Waals surface area contributed by atoms with Gasteiger partial charge in [0, 0.05) is 19.5 Å². The van der Waals surface area contributed by atoms with E-state index in [1.807, 2.05) is 49.4 Å². The molecule has 1 aromatic heterocycles. The number of nitrogens with zero attached hydrogens (tertiary/aromatic N) is 3. The molecule has 0 fully saturated rings. The molecule has 150 valence electrons. The standard InChI is InChI=1S/C22H21N3O3.CH4/c1-14-7-6-10-16(11-14)19(15-8-4-3-5-9-15)17-13-24(2)22(28)20-21(27)18(26)12-23-25(17)20;/h3-12,17,19,27H,13H2,1-2H3;1H4. The highest BCUT2D eigenvalue weighted by Crippen LogP contribution is 2.39. The summed E-state index contributed by atoms with van der Waals surface area (Å²) in [5.41, 5.74) is 2.59. The molecule has 3 aromatic rings. The minimum absolute atomic E-state index is 0. The van der Waals surface area contributed by atoms with Gasteiger partial charge in [-0.25, -0.2) is 0 Å². The maximum absolute atomic E-state index is 12.7. The van der Waals surface area contributed by atoms with Crippen LogP contribution in [0.4, 0.5) is 0 Å². The molecule has 0 aliphatic carbocycles. The van der Waals surface area contributed by atoms with E-state index in [0.29, 0.717) is 6.54 Å². The van der Waals surface area contributed by atoms with Crippen LogP contribution in [0.25, 0.3) is 0 Å². The summed E-state index contributed by atoms with van der Waals surface area (Å²) in [6.45, 7) is 2.45. The smallest absolute Gasteiger partial charge is 0.275 e. The summed E-state index contributed by atoms with van der Waals surface area (Å²) in [5.74, 6) is -1.06. The Bertz CT molecular complexity index is 1090. The maximum atomic E-state index is 12.7. The number of aromatic hydroxyl groups is 1. The molecule has 1 N–H and O–H groups in total. The van der Waals surface area contributed by atoms with Crippen LogP contribution in [-0.4, -0.2) is 39.3 Å². The fourth-order valence-corrected chi connectivity index (χ4v) is 3.94. The van der Waals surface area contributed by atoms with Gasteiger partial charge in [0.15, 0.2) is 11.4 Å². The Hall–Kier alpha value is -3.41. The Morgan fingerprint density at radius 1 is 1.07 bits per heavy atom. The molecule has 0 spiro atoms. The van der Waals surface area contributed by atoms with Gasteiger partial charge in [-0.2, -0.15) is 5.10 Å². The highest BCUT2D eigenvalue weighted by atomic mass is 16.3. The van der Waals surface area contributed by atoms with Crippen LogP contribution in [0.2, 0.25) is 0 Å². The van der Waals surface area contributed by atoms with E-state index in [2.05, 4.69) is 17.2 Å². The summed E-state index contributed by atoms with van der Waals surface area (Å²) in [6.07, 6.45) is 1.07. The van der Waals surface area contributed by atoms with Gasteiger partial charge in [0.25, 0.3) is 5.91 Å². The van der Waals surface area contributed by atoms with Gasteiger partial charge in [-0.3, -0.25) is 14.3 Å². The average Bonchev–Trinajstić information content (AvgIpc) is 2.69. The zero-order valence-corrected chi connectivity index (χ0v) is 15.7. The first-order valence-electron chi connectivity index (χ1n) is 9.15. The van der Waals surface area contributed by atoms with E-state index >= 15 is 0 Å². The third-order valence-corrected chi connectivity index (χ3v) is 5.26. The summed E-state index contributed by atoms with van der Waals surface area (Å²) in [7, 11) is 1.67. The van der Waals surface area contributed by atoms with Crippen molar-refractivity contribution in [2.45, 2.75) is 26.3 Å².